The van der Waals surface area contributed by atoms with Gasteiger partial charge in [-0.1, -0.05) is 77.0 Å². The van der Waals surface area contributed by atoms with Gasteiger partial charge in [0.15, 0.2) is 0 Å². The quantitative estimate of drug-likeness (QED) is 0.0878. The lowest BCUT2D eigenvalue weighted by Gasteiger charge is -2.15. The summed E-state index contributed by atoms with van der Waals surface area (Å²) in [5.74, 6) is -2.55. The van der Waals surface area contributed by atoms with Gasteiger partial charge in [-0.25, -0.2) is 4.79 Å². The number of carbonyl (C=O) groups excluding carboxylic acids is 1. The molecule has 0 aromatic rings. The van der Waals surface area contributed by atoms with Gasteiger partial charge in [0.2, 0.25) is 5.91 Å². The van der Waals surface area contributed by atoms with Crippen molar-refractivity contribution in [1.82, 2.24) is 5.32 Å². The molecule has 0 heterocycles. The van der Waals surface area contributed by atoms with Gasteiger partial charge in [0.1, 0.15) is 6.04 Å². The van der Waals surface area contributed by atoms with Crippen molar-refractivity contribution in [3.05, 3.63) is 0 Å². The first-order chi connectivity index (χ1) is 17.4. The van der Waals surface area contributed by atoms with Gasteiger partial charge in [0, 0.05) is 26.0 Å². The largest absolute Gasteiger partial charge is 0.862 e. The van der Waals surface area contributed by atoms with E-state index in [0.717, 1.165) is 38.5 Å². The number of nitrogens with one attached hydrogen (secondary N) is 1. The van der Waals surface area contributed by atoms with Crippen molar-refractivity contribution in [3.63, 3.8) is 0 Å². The molecule has 0 saturated carbocycles. The summed E-state index contributed by atoms with van der Waals surface area (Å²) in [7, 11) is 0. The lowest BCUT2D eigenvalue weighted by molar-refractivity contribution is -0.219. The summed E-state index contributed by atoms with van der Waals surface area (Å²) >= 11 is 0. The second-order valence-electron chi connectivity index (χ2n) is 9.31. The van der Waals surface area contributed by atoms with Gasteiger partial charge in [-0.05, 0) is 38.5 Å². The highest BCUT2D eigenvalue weighted by Crippen LogP contribution is 2.14. The van der Waals surface area contributed by atoms with Gasteiger partial charge in [0.25, 0.3) is 0 Å². The summed E-state index contributed by atoms with van der Waals surface area (Å²) in [5, 5.41) is 32.6. The van der Waals surface area contributed by atoms with E-state index >= 15 is 0 Å². The van der Waals surface area contributed by atoms with Crippen LogP contribution in [-0.2, 0) is 19.1 Å². The maximum absolute atomic E-state index is 12.0. The summed E-state index contributed by atoms with van der Waals surface area (Å²) in [4.78, 5) is 37.4. The van der Waals surface area contributed by atoms with Crippen LogP contribution in [0.3, 0.4) is 0 Å². The van der Waals surface area contributed by atoms with Crippen molar-refractivity contribution in [2.24, 2.45) is 4.99 Å². The third kappa shape index (κ3) is 23.6. The molecule has 1 amide bonds. The molecule has 0 aromatic carbocycles. The van der Waals surface area contributed by atoms with E-state index in [-0.39, 0.29) is 31.6 Å². The molecule has 36 heavy (non-hydrogen) atoms. The highest BCUT2D eigenvalue weighted by molar-refractivity contribution is 5.81. The number of nitrogens with zero attached hydrogens (tertiary/aromatic N) is 1. The molecular weight excluding hydrogens is 464 g/mol. The van der Waals surface area contributed by atoms with E-state index in [1.807, 2.05) is 6.92 Å². The predicted molar refractivity (Wildman–Crippen MR) is 139 cm³/mol. The third-order valence-electron chi connectivity index (χ3n) is 6.03. The molecule has 0 aliphatic carbocycles. The Bertz CT molecular complexity index is 611. The monoisotopic (exact) mass is 513 g/mol. The number of amides is 1. The van der Waals surface area contributed by atoms with Crippen LogP contribution in [-0.4, -0.2) is 59.8 Å². The van der Waals surface area contributed by atoms with Gasteiger partial charge in [-0.3, -0.25) is 14.6 Å². The fraction of sp³-hybridized carbons (Fsp3) is 0.852. The van der Waals surface area contributed by atoms with E-state index in [9.17, 15) is 24.6 Å². The number of carboxylic acid groups (broad SMARTS) is 2. The van der Waals surface area contributed by atoms with E-state index < -0.39 is 23.9 Å². The Hall–Kier alpha value is -2.16. The van der Waals surface area contributed by atoms with Crippen LogP contribution in [0.15, 0.2) is 4.99 Å². The van der Waals surface area contributed by atoms with Gasteiger partial charge in [-0.15, -0.1) is 0 Å². The predicted octanol–water partition coefficient (Wildman–Crippen LogP) is 4.46. The fourth-order valence-corrected chi connectivity index (χ4v) is 3.92. The Balaban J connectivity index is 3.69. The van der Waals surface area contributed by atoms with Crippen molar-refractivity contribution >= 4 is 23.7 Å². The Labute approximate surface area is 217 Å². The zero-order valence-corrected chi connectivity index (χ0v) is 22.3. The number of ether oxygens (including phenoxy) is 1. The summed E-state index contributed by atoms with van der Waals surface area (Å²) < 4.78 is 5.13. The lowest BCUT2D eigenvalue weighted by atomic mass is 10.0. The average Bonchev–Trinajstić information content (AvgIpc) is 2.83. The molecule has 3 N–H and O–H groups in total. The van der Waals surface area contributed by atoms with Crippen LogP contribution in [0.2, 0.25) is 0 Å². The highest BCUT2D eigenvalue weighted by atomic mass is 16.5. The van der Waals surface area contributed by atoms with Crippen molar-refractivity contribution in [2.75, 3.05) is 19.8 Å². The van der Waals surface area contributed by atoms with Crippen LogP contribution in [0.5, 0.6) is 0 Å². The van der Waals surface area contributed by atoms with E-state index in [0.29, 0.717) is 26.2 Å². The SMILES string of the molecule is CCOCCNC(=O)CC[C@H](N=C([O-])CCCCCCCCCCCCCCCCC(=O)O)C(=O)O. The first-order valence-corrected chi connectivity index (χ1v) is 13.9. The minimum atomic E-state index is -1.18. The Morgan fingerprint density at radius 1 is 0.778 bits per heavy atom. The number of hydrogen-bond donors (Lipinski definition) is 3. The van der Waals surface area contributed by atoms with Crippen LogP contribution in [0, 0.1) is 0 Å². The molecule has 0 aromatic heterocycles. The van der Waals surface area contributed by atoms with Crippen molar-refractivity contribution in [1.29, 1.82) is 0 Å². The number of carbonyl (C=O) groups is 3. The highest BCUT2D eigenvalue weighted by Gasteiger charge is 2.17. The number of unbranched alkanes of at least 4 members (excludes halogenated alkanes) is 13. The zero-order valence-electron chi connectivity index (χ0n) is 22.3. The Morgan fingerprint density at radius 2 is 1.25 bits per heavy atom. The standard InChI is InChI=1S/C27H50N2O7/c1-2-36-22-21-28-24(30)20-19-23(27(34)35)29-25(31)17-15-13-11-9-7-5-3-4-6-8-10-12-14-16-18-26(32)33/h23H,2-22H2,1H3,(H,28,30)(H,29,31)(H,32,33)(H,34,35)/p-1/t23-/m0/s1. The van der Waals surface area contributed by atoms with Crippen molar-refractivity contribution in [3.8, 4) is 0 Å². The van der Waals surface area contributed by atoms with Crippen LogP contribution in [0.1, 0.15) is 122 Å². The smallest absolute Gasteiger partial charge is 0.328 e. The van der Waals surface area contributed by atoms with Crippen LogP contribution < -0.4 is 10.4 Å². The van der Waals surface area contributed by atoms with Crippen LogP contribution in [0.25, 0.3) is 0 Å². The average molecular weight is 514 g/mol. The maximum atomic E-state index is 12.0. The fourth-order valence-electron chi connectivity index (χ4n) is 3.92. The molecule has 1 atom stereocenters. The van der Waals surface area contributed by atoms with E-state index in [1.165, 1.54) is 44.9 Å². The number of hydrogen-bond acceptors (Lipinski definition) is 6. The summed E-state index contributed by atoms with van der Waals surface area (Å²) in [5.41, 5.74) is 0. The second-order valence-corrected chi connectivity index (χ2v) is 9.31. The maximum Gasteiger partial charge on any atom is 0.328 e. The molecule has 210 valence electrons. The molecule has 0 bridgehead atoms. The molecule has 0 aliphatic rings. The Kier molecular flexibility index (Phi) is 23.1. The summed E-state index contributed by atoms with van der Waals surface area (Å²) in [6.07, 6.45) is 15.9. The third-order valence-corrected chi connectivity index (χ3v) is 6.03. The second kappa shape index (κ2) is 24.5. The zero-order chi connectivity index (χ0) is 26.9. The molecule has 0 aliphatic heterocycles. The van der Waals surface area contributed by atoms with Gasteiger partial charge in [-0.2, -0.15) is 0 Å². The summed E-state index contributed by atoms with van der Waals surface area (Å²) in [6.45, 7) is 3.22. The number of aliphatic imine (C=N–C) groups is 1. The number of carboxylic acids is 2. The van der Waals surface area contributed by atoms with Gasteiger partial charge >= 0.3 is 11.9 Å². The Morgan fingerprint density at radius 3 is 1.69 bits per heavy atom. The van der Waals surface area contributed by atoms with E-state index in [2.05, 4.69) is 10.3 Å². The number of aliphatic carboxylic acids is 2. The van der Waals surface area contributed by atoms with Crippen molar-refractivity contribution < 1.29 is 34.4 Å². The molecule has 0 saturated heterocycles. The summed E-state index contributed by atoms with van der Waals surface area (Å²) in [6, 6.07) is -1.17. The molecular formula is C27H49N2O7-. The van der Waals surface area contributed by atoms with E-state index in [1.54, 1.807) is 0 Å². The molecule has 9 heteroatoms. The van der Waals surface area contributed by atoms with Gasteiger partial charge < -0.3 is 25.4 Å². The van der Waals surface area contributed by atoms with Crippen LogP contribution in [0.4, 0.5) is 0 Å². The normalized spacial score (nSPS) is 12.4. The molecule has 0 radical (unpaired) electrons. The first kappa shape index (κ1) is 33.8. The van der Waals surface area contributed by atoms with Crippen molar-refractivity contribution in [2.45, 2.75) is 129 Å². The minimum absolute atomic E-state index is 0.00827. The molecule has 0 unspecified atom stereocenters. The van der Waals surface area contributed by atoms with Gasteiger partial charge in [0.05, 0.1) is 6.61 Å². The topological polar surface area (TPSA) is 148 Å². The molecule has 0 fully saturated rings. The van der Waals surface area contributed by atoms with E-state index in [4.69, 9.17) is 9.84 Å². The molecule has 0 rings (SSSR count). The molecule has 9 nitrogen and oxygen atoms in total. The lowest BCUT2D eigenvalue weighted by Crippen LogP contribution is -2.30. The minimum Gasteiger partial charge on any atom is -0.862 e. The first-order valence-electron chi connectivity index (χ1n) is 13.9. The molecule has 0 spiro atoms. The van der Waals surface area contributed by atoms with Crippen LogP contribution >= 0.6 is 0 Å². The number of rotatable bonds is 26.